The topological polar surface area (TPSA) is 49.7 Å². The molecule has 0 bridgehead atoms. The number of methoxy groups -OCH3 is 1. The Bertz CT molecular complexity index is 268. The summed E-state index contributed by atoms with van der Waals surface area (Å²) in [6.45, 7) is 1.73. The average Bonchev–Trinajstić information content (AvgIpc) is 1.99. The van der Waals surface area contributed by atoms with E-state index in [0.717, 1.165) is 0 Å². The van der Waals surface area contributed by atoms with Crippen molar-refractivity contribution in [1.82, 2.24) is 0 Å². The first-order valence-electron chi connectivity index (χ1n) is 3.22. The fourth-order valence-electron chi connectivity index (χ4n) is 0.860. The number of hydrogen-bond donors (Lipinski definition) is 2. The van der Waals surface area contributed by atoms with Gasteiger partial charge in [0, 0.05) is 0 Å². The van der Waals surface area contributed by atoms with E-state index in [0.29, 0.717) is 5.56 Å². The highest BCUT2D eigenvalue weighted by Crippen LogP contribution is 2.37. The number of aryl methyl sites for hydroxylation is 1. The lowest BCUT2D eigenvalue weighted by Gasteiger charge is -2.06. The molecule has 0 saturated carbocycles. The van der Waals surface area contributed by atoms with E-state index in [4.69, 9.17) is 9.84 Å². The van der Waals surface area contributed by atoms with Gasteiger partial charge in [-0.15, -0.1) is 0 Å². The molecule has 0 radical (unpaired) electrons. The molecule has 1 aromatic rings. The van der Waals surface area contributed by atoms with Crippen molar-refractivity contribution in [2.45, 2.75) is 6.92 Å². The van der Waals surface area contributed by atoms with Gasteiger partial charge in [-0.2, -0.15) is 0 Å². The molecule has 0 saturated heterocycles. The third-order valence-electron chi connectivity index (χ3n) is 1.52. The van der Waals surface area contributed by atoms with Gasteiger partial charge in [-0.1, -0.05) is 6.07 Å². The van der Waals surface area contributed by atoms with Crippen molar-refractivity contribution in [3.8, 4) is 17.2 Å². The molecule has 0 unspecified atom stereocenters. The first-order valence-corrected chi connectivity index (χ1v) is 3.22. The molecule has 0 aliphatic heterocycles. The average molecular weight is 154 g/mol. The lowest BCUT2D eigenvalue weighted by molar-refractivity contribution is 0.343. The van der Waals surface area contributed by atoms with Gasteiger partial charge in [-0.25, -0.2) is 0 Å². The number of hydrogen-bond acceptors (Lipinski definition) is 3. The minimum Gasteiger partial charge on any atom is -0.504 e. The molecule has 0 spiro atoms. The Morgan fingerprint density at radius 2 is 1.91 bits per heavy atom. The molecule has 0 aliphatic rings. The zero-order chi connectivity index (χ0) is 8.43. The molecule has 2 N–H and O–H groups in total. The molecular formula is C8H10O3. The number of benzene rings is 1. The smallest absolute Gasteiger partial charge is 0.203 e. The number of ether oxygens (including phenoxy) is 1. The summed E-state index contributed by atoms with van der Waals surface area (Å²) in [5, 5.41) is 18.4. The van der Waals surface area contributed by atoms with Gasteiger partial charge in [0.25, 0.3) is 0 Å². The van der Waals surface area contributed by atoms with Crippen LogP contribution in [0, 0.1) is 6.92 Å². The highest BCUT2D eigenvalue weighted by Gasteiger charge is 2.08. The van der Waals surface area contributed by atoms with E-state index in [-0.39, 0.29) is 17.2 Å². The summed E-state index contributed by atoms with van der Waals surface area (Å²) < 4.78 is 4.76. The van der Waals surface area contributed by atoms with Crippen LogP contribution < -0.4 is 4.74 Å². The zero-order valence-corrected chi connectivity index (χ0v) is 6.46. The molecule has 1 aromatic carbocycles. The molecule has 1 rings (SSSR count). The summed E-state index contributed by atoms with van der Waals surface area (Å²) in [6, 6.07) is 3.10. The van der Waals surface area contributed by atoms with Crippen LogP contribution in [0.4, 0.5) is 0 Å². The van der Waals surface area contributed by atoms with Gasteiger partial charge in [0.05, 0.1) is 7.11 Å². The molecule has 11 heavy (non-hydrogen) atoms. The number of aromatic hydroxyl groups is 2. The van der Waals surface area contributed by atoms with E-state index in [1.165, 1.54) is 13.2 Å². The molecule has 0 amide bonds. The summed E-state index contributed by atoms with van der Waals surface area (Å²) in [5.74, 6) is 0.0769. The molecule has 60 valence electrons. The lowest BCUT2D eigenvalue weighted by atomic mass is 10.2. The molecule has 3 heteroatoms. The highest BCUT2D eigenvalue weighted by atomic mass is 16.5. The fourth-order valence-corrected chi connectivity index (χ4v) is 0.860. The number of rotatable bonds is 1. The van der Waals surface area contributed by atoms with Crippen LogP contribution in [0.3, 0.4) is 0 Å². The van der Waals surface area contributed by atoms with Crippen molar-refractivity contribution in [1.29, 1.82) is 0 Å². The first kappa shape index (κ1) is 7.72. The SMILES string of the molecule is COc1c(O)ccc(C)c1O. The van der Waals surface area contributed by atoms with Crippen LogP contribution in [0.2, 0.25) is 0 Å². The van der Waals surface area contributed by atoms with Crippen LogP contribution in [-0.4, -0.2) is 17.3 Å². The standard InChI is InChI=1S/C8H10O3/c1-5-3-4-6(9)8(11-2)7(5)10/h3-4,9-10H,1-2H3. The van der Waals surface area contributed by atoms with Crippen molar-refractivity contribution in [2.24, 2.45) is 0 Å². The Morgan fingerprint density at radius 3 is 2.36 bits per heavy atom. The quantitative estimate of drug-likeness (QED) is 0.643. The molecule has 0 fully saturated rings. The van der Waals surface area contributed by atoms with E-state index in [1.807, 2.05) is 0 Å². The van der Waals surface area contributed by atoms with E-state index >= 15 is 0 Å². The number of phenolic OH excluding ortho intramolecular Hbond substituents is 2. The summed E-state index contributed by atoms with van der Waals surface area (Å²) >= 11 is 0. The van der Waals surface area contributed by atoms with Crippen molar-refractivity contribution in [3.63, 3.8) is 0 Å². The molecule has 0 aliphatic carbocycles. The maximum absolute atomic E-state index is 9.29. The molecule has 0 aromatic heterocycles. The van der Waals surface area contributed by atoms with Crippen LogP contribution in [0.25, 0.3) is 0 Å². The van der Waals surface area contributed by atoms with Crippen LogP contribution in [0.1, 0.15) is 5.56 Å². The Hall–Kier alpha value is -1.38. The minimum atomic E-state index is -0.0457. The van der Waals surface area contributed by atoms with Gasteiger partial charge in [0.1, 0.15) is 0 Å². The van der Waals surface area contributed by atoms with Crippen LogP contribution in [0.15, 0.2) is 12.1 Å². The van der Waals surface area contributed by atoms with Crippen molar-refractivity contribution in [3.05, 3.63) is 17.7 Å². The van der Waals surface area contributed by atoms with Gasteiger partial charge >= 0.3 is 0 Å². The van der Waals surface area contributed by atoms with E-state index in [9.17, 15) is 5.11 Å². The summed E-state index contributed by atoms with van der Waals surface area (Å²) in [7, 11) is 1.40. The molecule has 0 heterocycles. The van der Waals surface area contributed by atoms with Crippen LogP contribution in [-0.2, 0) is 0 Å². The molecule has 0 atom stereocenters. The van der Waals surface area contributed by atoms with E-state index in [1.54, 1.807) is 13.0 Å². The summed E-state index contributed by atoms with van der Waals surface area (Å²) in [5.41, 5.74) is 0.680. The Morgan fingerprint density at radius 1 is 1.27 bits per heavy atom. The van der Waals surface area contributed by atoms with E-state index in [2.05, 4.69) is 0 Å². The largest absolute Gasteiger partial charge is 0.504 e. The zero-order valence-electron chi connectivity index (χ0n) is 6.46. The number of phenols is 2. The van der Waals surface area contributed by atoms with Gasteiger partial charge in [-0.05, 0) is 18.6 Å². The fraction of sp³-hybridized carbons (Fsp3) is 0.250. The summed E-state index contributed by atoms with van der Waals surface area (Å²) in [6.07, 6.45) is 0. The van der Waals surface area contributed by atoms with Gasteiger partial charge in [0.2, 0.25) is 5.75 Å². The highest BCUT2D eigenvalue weighted by molar-refractivity contribution is 5.53. The third-order valence-corrected chi connectivity index (χ3v) is 1.52. The van der Waals surface area contributed by atoms with Crippen molar-refractivity contribution in [2.75, 3.05) is 7.11 Å². The maximum Gasteiger partial charge on any atom is 0.203 e. The predicted octanol–water partition coefficient (Wildman–Crippen LogP) is 1.41. The molecule has 3 nitrogen and oxygen atoms in total. The van der Waals surface area contributed by atoms with Crippen LogP contribution in [0.5, 0.6) is 17.2 Å². The normalized spacial score (nSPS) is 9.64. The second-order valence-corrected chi connectivity index (χ2v) is 2.28. The van der Waals surface area contributed by atoms with Crippen molar-refractivity contribution < 1.29 is 14.9 Å². The monoisotopic (exact) mass is 154 g/mol. The second kappa shape index (κ2) is 2.70. The Kier molecular flexibility index (Phi) is 1.89. The predicted molar refractivity (Wildman–Crippen MR) is 41.1 cm³/mol. The second-order valence-electron chi connectivity index (χ2n) is 2.28. The Labute approximate surface area is 64.9 Å². The maximum atomic E-state index is 9.29. The third kappa shape index (κ3) is 1.22. The van der Waals surface area contributed by atoms with E-state index < -0.39 is 0 Å². The lowest BCUT2D eigenvalue weighted by Crippen LogP contribution is -1.85. The summed E-state index contributed by atoms with van der Waals surface area (Å²) in [4.78, 5) is 0. The Balaban J connectivity index is 3.29. The molecular weight excluding hydrogens is 144 g/mol. The van der Waals surface area contributed by atoms with Gasteiger partial charge < -0.3 is 14.9 Å². The van der Waals surface area contributed by atoms with Crippen LogP contribution >= 0.6 is 0 Å². The first-order chi connectivity index (χ1) is 5.16. The van der Waals surface area contributed by atoms with Gasteiger partial charge in [-0.3, -0.25) is 0 Å². The minimum absolute atomic E-state index is 0.00694. The van der Waals surface area contributed by atoms with Gasteiger partial charge in [0.15, 0.2) is 11.5 Å². The van der Waals surface area contributed by atoms with Crippen molar-refractivity contribution >= 4 is 0 Å².